The molecule has 0 atom stereocenters. The Morgan fingerprint density at radius 3 is 2.92 bits per heavy atom. The topological polar surface area (TPSA) is 33.2 Å². The highest BCUT2D eigenvalue weighted by Gasteiger charge is 2.22. The molecule has 72 valence electrons. The standard InChI is InChI=1S/C7H8N2OS.C2H6/c1-9-3-2-6-5(7(9)10)4-8-11-6;1-2/h4H,2-3H2,1H3;1-2H3. The average molecular weight is 198 g/mol. The zero-order valence-corrected chi connectivity index (χ0v) is 9.02. The minimum Gasteiger partial charge on any atom is -0.341 e. The van der Waals surface area contributed by atoms with Gasteiger partial charge < -0.3 is 4.90 Å². The lowest BCUT2D eigenvalue weighted by molar-refractivity contribution is 0.0782. The van der Waals surface area contributed by atoms with Crippen LogP contribution in [0.4, 0.5) is 0 Å². The van der Waals surface area contributed by atoms with Gasteiger partial charge in [0.05, 0.1) is 11.8 Å². The van der Waals surface area contributed by atoms with Gasteiger partial charge in [-0.2, -0.15) is 0 Å². The van der Waals surface area contributed by atoms with Crippen molar-refractivity contribution in [3.05, 3.63) is 16.6 Å². The van der Waals surface area contributed by atoms with E-state index in [1.165, 1.54) is 11.5 Å². The van der Waals surface area contributed by atoms with Gasteiger partial charge in [-0.05, 0) is 11.5 Å². The van der Waals surface area contributed by atoms with Crippen molar-refractivity contribution in [2.75, 3.05) is 13.6 Å². The summed E-state index contributed by atoms with van der Waals surface area (Å²) in [5, 5.41) is 0. The van der Waals surface area contributed by atoms with E-state index in [2.05, 4.69) is 4.37 Å². The quantitative estimate of drug-likeness (QED) is 0.637. The van der Waals surface area contributed by atoms with Gasteiger partial charge in [-0.15, -0.1) is 0 Å². The molecule has 3 nitrogen and oxygen atoms in total. The van der Waals surface area contributed by atoms with Crippen LogP contribution in [0.3, 0.4) is 0 Å². The van der Waals surface area contributed by atoms with Crippen molar-refractivity contribution in [1.29, 1.82) is 0 Å². The first-order chi connectivity index (χ1) is 6.29. The Morgan fingerprint density at radius 1 is 1.54 bits per heavy atom. The van der Waals surface area contributed by atoms with E-state index >= 15 is 0 Å². The molecule has 0 aromatic carbocycles. The highest BCUT2D eigenvalue weighted by atomic mass is 32.1. The molecular formula is C9H14N2OS. The Hall–Kier alpha value is -0.900. The molecular weight excluding hydrogens is 184 g/mol. The smallest absolute Gasteiger partial charge is 0.256 e. The Bertz CT molecular complexity index is 296. The maximum absolute atomic E-state index is 11.4. The van der Waals surface area contributed by atoms with Gasteiger partial charge in [0.25, 0.3) is 5.91 Å². The number of fused-ring (bicyclic) bond motifs is 1. The van der Waals surface area contributed by atoms with Crippen molar-refractivity contribution in [2.24, 2.45) is 0 Å². The predicted molar refractivity (Wildman–Crippen MR) is 54.1 cm³/mol. The molecule has 0 bridgehead atoms. The molecule has 0 radical (unpaired) electrons. The number of likely N-dealkylation sites (N-methyl/N-ethyl adjacent to an activating group) is 1. The largest absolute Gasteiger partial charge is 0.341 e. The SMILES string of the molecule is CC.CN1CCc2sncc2C1=O. The molecule has 0 N–H and O–H groups in total. The Balaban J connectivity index is 0.000000396. The molecule has 4 heteroatoms. The van der Waals surface area contributed by atoms with E-state index in [4.69, 9.17) is 0 Å². The second kappa shape index (κ2) is 4.37. The van der Waals surface area contributed by atoms with Gasteiger partial charge >= 0.3 is 0 Å². The van der Waals surface area contributed by atoms with Crippen LogP contribution < -0.4 is 0 Å². The van der Waals surface area contributed by atoms with E-state index in [1.54, 1.807) is 11.1 Å². The normalized spacial score (nSPS) is 14.7. The molecule has 0 aliphatic carbocycles. The van der Waals surface area contributed by atoms with Gasteiger partial charge in [0.15, 0.2) is 0 Å². The Labute approximate surface area is 82.5 Å². The fourth-order valence-electron chi connectivity index (χ4n) is 1.20. The van der Waals surface area contributed by atoms with E-state index in [0.717, 1.165) is 23.4 Å². The van der Waals surface area contributed by atoms with E-state index < -0.39 is 0 Å². The third kappa shape index (κ3) is 1.88. The van der Waals surface area contributed by atoms with Crippen molar-refractivity contribution in [3.63, 3.8) is 0 Å². The lowest BCUT2D eigenvalue weighted by Crippen LogP contribution is -2.32. The van der Waals surface area contributed by atoms with Crippen molar-refractivity contribution < 1.29 is 4.79 Å². The highest BCUT2D eigenvalue weighted by molar-refractivity contribution is 7.06. The maximum atomic E-state index is 11.4. The van der Waals surface area contributed by atoms with Gasteiger partial charge in [0.1, 0.15) is 0 Å². The van der Waals surface area contributed by atoms with Crippen LogP contribution in [-0.2, 0) is 6.42 Å². The van der Waals surface area contributed by atoms with Crippen molar-refractivity contribution >= 4 is 17.4 Å². The number of carbonyl (C=O) groups excluding carboxylic acids is 1. The number of nitrogens with zero attached hydrogens (tertiary/aromatic N) is 2. The fourth-order valence-corrected chi connectivity index (χ4v) is 1.90. The maximum Gasteiger partial charge on any atom is 0.256 e. The van der Waals surface area contributed by atoms with Gasteiger partial charge in [0, 0.05) is 24.9 Å². The zero-order chi connectivity index (χ0) is 9.84. The monoisotopic (exact) mass is 198 g/mol. The minimum absolute atomic E-state index is 0.111. The number of rotatable bonds is 0. The fraction of sp³-hybridized carbons (Fsp3) is 0.556. The number of hydrogen-bond acceptors (Lipinski definition) is 3. The van der Waals surface area contributed by atoms with Gasteiger partial charge in [-0.1, -0.05) is 13.8 Å². The summed E-state index contributed by atoms with van der Waals surface area (Å²) < 4.78 is 3.98. The van der Waals surface area contributed by atoms with Crippen molar-refractivity contribution in [2.45, 2.75) is 20.3 Å². The molecule has 0 spiro atoms. The lowest BCUT2D eigenvalue weighted by atomic mass is 10.1. The van der Waals surface area contributed by atoms with Crippen LogP contribution in [0, 0.1) is 0 Å². The number of carbonyl (C=O) groups is 1. The van der Waals surface area contributed by atoms with Crippen LogP contribution in [0.15, 0.2) is 6.20 Å². The molecule has 1 aromatic heterocycles. The van der Waals surface area contributed by atoms with Gasteiger partial charge in [0.2, 0.25) is 0 Å². The Kier molecular flexibility index (Phi) is 3.42. The second-order valence-corrected chi connectivity index (χ2v) is 3.53. The number of aromatic nitrogens is 1. The number of hydrogen-bond donors (Lipinski definition) is 0. The summed E-state index contributed by atoms with van der Waals surface area (Å²) >= 11 is 1.43. The summed E-state index contributed by atoms with van der Waals surface area (Å²) in [6.07, 6.45) is 2.63. The van der Waals surface area contributed by atoms with Crippen LogP contribution >= 0.6 is 11.5 Å². The van der Waals surface area contributed by atoms with Gasteiger partial charge in [-0.25, -0.2) is 4.37 Å². The molecule has 13 heavy (non-hydrogen) atoms. The lowest BCUT2D eigenvalue weighted by Gasteiger charge is -2.21. The molecule has 0 unspecified atom stereocenters. The molecule has 0 saturated heterocycles. The number of amides is 1. The zero-order valence-electron chi connectivity index (χ0n) is 8.20. The summed E-state index contributed by atoms with van der Waals surface area (Å²) in [5.74, 6) is 0.111. The van der Waals surface area contributed by atoms with Crippen LogP contribution in [-0.4, -0.2) is 28.8 Å². The average Bonchev–Trinajstić information content (AvgIpc) is 2.63. The van der Waals surface area contributed by atoms with E-state index in [9.17, 15) is 4.79 Å². The predicted octanol–water partition coefficient (Wildman–Crippen LogP) is 1.80. The second-order valence-electron chi connectivity index (χ2n) is 2.64. The van der Waals surface area contributed by atoms with E-state index in [0.29, 0.717) is 0 Å². The van der Waals surface area contributed by atoms with Crippen molar-refractivity contribution in [3.8, 4) is 0 Å². The third-order valence-corrected chi connectivity index (χ3v) is 2.75. The molecule has 1 aromatic rings. The van der Waals surface area contributed by atoms with Crippen LogP contribution in [0.1, 0.15) is 29.1 Å². The molecule has 0 saturated carbocycles. The van der Waals surface area contributed by atoms with E-state index in [-0.39, 0.29) is 5.91 Å². The minimum atomic E-state index is 0.111. The summed E-state index contributed by atoms with van der Waals surface area (Å²) in [4.78, 5) is 14.2. The molecule has 1 amide bonds. The first kappa shape index (κ1) is 10.2. The molecule has 0 fully saturated rings. The van der Waals surface area contributed by atoms with Crippen LogP contribution in [0.25, 0.3) is 0 Å². The van der Waals surface area contributed by atoms with Crippen LogP contribution in [0.5, 0.6) is 0 Å². The highest BCUT2D eigenvalue weighted by Crippen LogP contribution is 2.20. The molecule has 2 rings (SSSR count). The van der Waals surface area contributed by atoms with Crippen molar-refractivity contribution in [1.82, 2.24) is 9.27 Å². The first-order valence-electron chi connectivity index (χ1n) is 4.48. The Morgan fingerprint density at radius 2 is 2.23 bits per heavy atom. The van der Waals surface area contributed by atoms with Crippen LogP contribution in [0.2, 0.25) is 0 Å². The molecule has 1 aliphatic heterocycles. The third-order valence-electron chi connectivity index (χ3n) is 1.90. The summed E-state index contributed by atoms with van der Waals surface area (Å²) in [6, 6.07) is 0. The molecule has 1 aliphatic rings. The summed E-state index contributed by atoms with van der Waals surface area (Å²) in [5.41, 5.74) is 0.795. The van der Waals surface area contributed by atoms with Gasteiger partial charge in [-0.3, -0.25) is 4.79 Å². The first-order valence-corrected chi connectivity index (χ1v) is 5.25. The summed E-state index contributed by atoms with van der Waals surface area (Å²) in [7, 11) is 1.82. The molecule has 2 heterocycles. The van der Waals surface area contributed by atoms with E-state index in [1.807, 2.05) is 20.9 Å². The summed E-state index contributed by atoms with van der Waals surface area (Å²) in [6.45, 7) is 4.83.